The van der Waals surface area contributed by atoms with Crippen molar-refractivity contribution >= 4 is 28.1 Å². The second-order valence-electron chi connectivity index (χ2n) is 7.42. The van der Waals surface area contributed by atoms with Crippen molar-refractivity contribution in [3.05, 3.63) is 52.8 Å². The molecule has 0 aliphatic carbocycles. The molecule has 8 heteroatoms. The highest BCUT2D eigenvalue weighted by Crippen LogP contribution is 2.32. The fraction of sp³-hybridized carbons (Fsp3) is 0.333. The Bertz CT molecular complexity index is 1040. The number of hydrogen-bond acceptors (Lipinski definition) is 5. The van der Waals surface area contributed by atoms with Crippen LogP contribution < -0.4 is 16.4 Å². The van der Waals surface area contributed by atoms with Crippen LogP contribution in [0.25, 0.3) is 10.9 Å². The number of benzene rings is 2. The standard InChI is InChI=1S/C21H24F3N5/c1-11(2)27-18-9-17-19(5-12(18)3)28-13(4)29-20(17)26-10-14-6-15(21(22,23)24)8-16(25)7-14/h5-9,11,27H,10,25H2,1-4H3,(H,26,28,29). The summed E-state index contributed by atoms with van der Waals surface area (Å²) in [4.78, 5) is 8.94. The first-order valence-corrected chi connectivity index (χ1v) is 9.29. The molecule has 0 aliphatic rings. The highest BCUT2D eigenvalue weighted by molar-refractivity contribution is 5.92. The van der Waals surface area contributed by atoms with Gasteiger partial charge in [-0.15, -0.1) is 0 Å². The van der Waals surface area contributed by atoms with Crippen LogP contribution in [-0.2, 0) is 12.7 Å². The van der Waals surface area contributed by atoms with Crippen molar-refractivity contribution in [2.75, 3.05) is 16.4 Å². The molecule has 3 rings (SSSR count). The van der Waals surface area contributed by atoms with E-state index in [4.69, 9.17) is 5.73 Å². The molecule has 0 radical (unpaired) electrons. The maximum atomic E-state index is 13.1. The molecule has 4 N–H and O–H groups in total. The topological polar surface area (TPSA) is 75.9 Å². The van der Waals surface area contributed by atoms with Gasteiger partial charge in [0, 0.05) is 29.3 Å². The molecule has 3 aromatic rings. The van der Waals surface area contributed by atoms with Gasteiger partial charge in [0.25, 0.3) is 0 Å². The number of aromatic nitrogens is 2. The Hall–Kier alpha value is -3.03. The minimum absolute atomic E-state index is 0.0689. The van der Waals surface area contributed by atoms with Gasteiger partial charge >= 0.3 is 6.18 Å². The number of halogens is 3. The molecule has 0 amide bonds. The summed E-state index contributed by atoms with van der Waals surface area (Å²) in [5.41, 5.74) is 8.18. The molecule has 2 aromatic carbocycles. The number of nitrogens with one attached hydrogen (secondary N) is 2. The van der Waals surface area contributed by atoms with Crippen LogP contribution in [-0.4, -0.2) is 16.0 Å². The van der Waals surface area contributed by atoms with Gasteiger partial charge in [-0.05, 0) is 69.2 Å². The summed E-state index contributed by atoms with van der Waals surface area (Å²) in [6.07, 6.45) is -4.45. The largest absolute Gasteiger partial charge is 0.416 e. The second kappa shape index (κ2) is 7.77. The van der Waals surface area contributed by atoms with E-state index in [2.05, 4.69) is 20.6 Å². The van der Waals surface area contributed by atoms with E-state index in [0.29, 0.717) is 17.2 Å². The third kappa shape index (κ3) is 4.88. The maximum Gasteiger partial charge on any atom is 0.416 e. The van der Waals surface area contributed by atoms with Crippen LogP contribution in [0.3, 0.4) is 0 Å². The first-order valence-electron chi connectivity index (χ1n) is 9.29. The Kier molecular flexibility index (Phi) is 5.55. The average molecular weight is 403 g/mol. The molecule has 29 heavy (non-hydrogen) atoms. The van der Waals surface area contributed by atoms with Gasteiger partial charge in [0.1, 0.15) is 11.6 Å². The van der Waals surface area contributed by atoms with Crippen LogP contribution in [0.2, 0.25) is 0 Å². The molecule has 1 heterocycles. The van der Waals surface area contributed by atoms with Crippen LogP contribution in [0.1, 0.15) is 36.4 Å². The second-order valence-corrected chi connectivity index (χ2v) is 7.42. The Morgan fingerprint density at radius 2 is 1.76 bits per heavy atom. The summed E-state index contributed by atoms with van der Waals surface area (Å²) in [5.74, 6) is 1.14. The van der Waals surface area contributed by atoms with E-state index < -0.39 is 11.7 Å². The number of hydrogen-bond donors (Lipinski definition) is 3. The van der Waals surface area contributed by atoms with Gasteiger partial charge in [-0.1, -0.05) is 0 Å². The van der Waals surface area contributed by atoms with E-state index in [-0.39, 0.29) is 18.3 Å². The highest BCUT2D eigenvalue weighted by atomic mass is 19.4. The van der Waals surface area contributed by atoms with Crippen LogP contribution in [0.5, 0.6) is 0 Å². The summed E-state index contributed by atoms with van der Waals surface area (Å²) in [7, 11) is 0. The number of fused-ring (bicyclic) bond motifs is 1. The number of alkyl halides is 3. The normalized spacial score (nSPS) is 11.9. The first kappa shape index (κ1) is 20.7. The molecule has 0 aliphatic heterocycles. The minimum Gasteiger partial charge on any atom is -0.399 e. The molecule has 0 atom stereocenters. The molecule has 0 saturated carbocycles. The molecule has 1 aromatic heterocycles. The summed E-state index contributed by atoms with van der Waals surface area (Å²) < 4.78 is 39.2. The van der Waals surface area contributed by atoms with Gasteiger partial charge in [-0.2, -0.15) is 13.2 Å². The summed E-state index contributed by atoms with van der Waals surface area (Å²) in [6.45, 7) is 8.03. The molecule has 154 valence electrons. The zero-order valence-electron chi connectivity index (χ0n) is 16.8. The lowest BCUT2D eigenvalue weighted by atomic mass is 10.1. The first-order chi connectivity index (χ1) is 13.5. The lowest BCUT2D eigenvalue weighted by Crippen LogP contribution is -2.11. The quantitative estimate of drug-likeness (QED) is 0.505. The molecule has 0 saturated heterocycles. The molecule has 0 unspecified atom stereocenters. The third-order valence-corrected chi connectivity index (χ3v) is 4.40. The Balaban J connectivity index is 1.97. The van der Waals surface area contributed by atoms with Gasteiger partial charge in [0.2, 0.25) is 0 Å². The molecule has 0 spiro atoms. The van der Waals surface area contributed by atoms with Crippen LogP contribution >= 0.6 is 0 Å². The summed E-state index contributed by atoms with van der Waals surface area (Å²) >= 11 is 0. The highest BCUT2D eigenvalue weighted by Gasteiger charge is 2.31. The van der Waals surface area contributed by atoms with Gasteiger partial charge < -0.3 is 16.4 Å². The van der Waals surface area contributed by atoms with Crippen LogP contribution in [0, 0.1) is 13.8 Å². The predicted molar refractivity (Wildman–Crippen MR) is 111 cm³/mol. The molecular weight excluding hydrogens is 379 g/mol. The molecule has 0 fully saturated rings. The third-order valence-electron chi connectivity index (χ3n) is 4.40. The fourth-order valence-electron chi connectivity index (χ4n) is 3.17. The number of anilines is 3. The van der Waals surface area contributed by atoms with Gasteiger partial charge in [0.15, 0.2) is 0 Å². The smallest absolute Gasteiger partial charge is 0.399 e. The van der Waals surface area contributed by atoms with Crippen molar-refractivity contribution in [1.29, 1.82) is 0 Å². The van der Waals surface area contributed by atoms with Gasteiger partial charge in [-0.25, -0.2) is 9.97 Å². The number of aryl methyl sites for hydroxylation is 2. The van der Waals surface area contributed by atoms with E-state index >= 15 is 0 Å². The van der Waals surface area contributed by atoms with Crippen LogP contribution in [0.15, 0.2) is 30.3 Å². The van der Waals surface area contributed by atoms with Crippen molar-refractivity contribution in [1.82, 2.24) is 9.97 Å². The molecular formula is C21H24F3N5. The van der Waals surface area contributed by atoms with Gasteiger partial charge in [0.05, 0.1) is 11.1 Å². The number of rotatable bonds is 5. The Morgan fingerprint density at radius 3 is 2.41 bits per heavy atom. The van der Waals surface area contributed by atoms with Gasteiger partial charge in [-0.3, -0.25) is 0 Å². The zero-order chi connectivity index (χ0) is 21.3. The molecule has 0 bridgehead atoms. The molecule has 5 nitrogen and oxygen atoms in total. The number of nitrogens with two attached hydrogens (primary N) is 1. The maximum absolute atomic E-state index is 13.1. The fourth-order valence-corrected chi connectivity index (χ4v) is 3.17. The lowest BCUT2D eigenvalue weighted by molar-refractivity contribution is -0.137. The Labute approximate surface area is 167 Å². The van der Waals surface area contributed by atoms with Crippen molar-refractivity contribution in [3.63, 3.8) is 0 Å². The van der Waals surface area contributed by atoms with Crippen molar-refractivity contribution in [2.45, 2.75) is 46.5 Å². The van der Waals surface area contributed by atoms with Crippen molar-refractivity contribution < 1.29 is 13.2 Å². The van der Waals surface area contributed by atoms with E-state index in [1.165, 1.54) is 6.07 Å². The summed E-state index contributed by atoms with van der Waals surface area (Å²) in [5, 5.41) is 7.33. The van der Waals surface area contributed by atoms with E-state index in [9.17, 15) is 13.2 Å². The minimum atomic E-state index is -4.45. The predicted octanol–water partition coefficient (Wildman–Crippen LogP) is 5.28. The lowest BCUT2D eigenvalue weighted by Gasteiger charge is -2.16. The van der Waals surface area contributed by atoms with E-state index in [1.807, 2.05) is 32.9 Å². The number of nitrogens with zero attached hydrogens (tertiary/aromatic N) is 2. The van der Waals surface area contributed by atoms with Crippen LogP contribution in [0.4, 0.5) is 30.4 Å². The zero-order valence-corrected chi connectivity index (χ0v) is 16.8. The van der Waals surface area contributed by atoms with Crippen molar-refractivity contribution in [3.8, 4) is 0 Å². The SMILES string of the molecule is Cc1nc(NCc2cc(N)cc(C(F)(F)F)c2)c2cc(NC(C)C)c(C)cc2n1. The average Bonchev–Trinajstić information content (AvgIpc) is 2.59. The van der Waals surface area contributed by atoms with Crippen molar-refractivity contribution in [2.24, 2.45) is 0 Å². The monoisotopic (exact) mass is 403 g/mol. The van der Waals surface area contributed by atoms with E-state index in [0.717, 1.165) is 34.3 Å². The number of nitrogen functional groups attached to an aromatic ring is 1. The summed E-state index contributed by atoms with van der Waals surface area (Å²) in [6, 6.07) is 7.74. The van der Waals surface area contributed by atoms with E-state index in [1.54, 1.807) is 6.92 Å². The Morgan fingerprint density at radius 1 is 1.03 bits per heavy atom.